The third-order valence-corrected chi connectivity index (χ3v) is 5.66. The summed E-state index contributed by atoms with van der Waals surface area (Å²) in [5, 5.41) is 5.97. The minimum absolute atomic E-state index is 0.275. The van der Waals surface area contributed by atoms with Gasteiger partial charge in [0.15, 0.2) is 0 Å². The molecule has 1 aromatic heterocycles. The van der Waals surface area contributed by atoms with Crippen molar-refractivity contribution in [3.05, 3.63) is 22.4 Å². The molecule has 2 atom stereocenters. The van der Waals surface area contributed by atoms with E-state index in [1.165, 1.54) is 24.3 Å². The van der Waals surface area contributed by atoms with Gasteiger partial charge in [0, 0.05) is 36.1 Å². The molecule has 2 unspecified atom stereocenters. The topological polar surface area (TPSA) is 15.3 Å². The lowest BCUT2D eigenvalue weighted by Crippen LogP contribution is -2.65. The van der Waals surface area contributed by atoms with Crippen LogP contribution in [0.5, 0.6) is 0 Å². The molecule has 1 N–H and O–H groups in total. The maximum atomic E-state index is 3.79. The van der Waals surface area contributed by atoms with E-state index in [0.29, 0.717) is 11.5 Å². The fourth-order valence-corrected chi connectivity index (χ4v) is 3.82. The molecule has 0 aliphatic carbocycles. The Kier molecular flexibility index (Phi) is 4.93. The molecule has 2 rings (SSSR count). The molecule has 1 saturated heterocycles. The Bertz CT molecular complexity index is 407. The zero-order valence-electron chi connectivity index (χ0n) is 13.7. The van der Waals surface area contributed by atoms with Crippen LogP contribution in [0.4, 0.5) is 0 Å². The van der Waals surface area contributed by atoms with Gasteiger partial charge in [0.1, 0.15) is 0 Å². The lowest BCUT2D eigenvalue weighted by Gasteiger charge is -2.50. The highest BCUT2D eigenvalue weighted by Crippen LogP contribution is 2.30. The Morgan fingerprint density at radius 3 is 2.75 bits per heavy atom. The molecule has 3 heteroatoms. The lowest BCUT2D eigenvalue weighted by atomic mass is 9.81. The van der Waals surface area contributed by atoms with E-state index in [9.17, 15) is 0 Å². The molecule has 0 radical (unpaired) electrons. The van der Waals surface area contributed by atoms with Gasteiger partial charge in [-0.2, -0.15) is 0 Å². The highest BCUT2D eigenvalue weighted by atomic mass is 32.1. The molecule has 20 heavy (non-hydrogen) atoms. The summed E-state index contributed by atoms with van der Waals surface area (Å²) in [6.45, 7) is 15.2. The quantitative estimate of drug-likeness (QED) is 0.909. The summed E-state index contributed by atoms with van der Waals surface area (Å²) < 4.78 is 0. The molecule has 0 aromatic carbocycles. The molecule has 0 amide bonds. The van der Waals surface area contributed by atoms with Crippen LogP contribution in [-0.2, 0) is 6.42 Å². The average Bonchev–Trinajstić information content (AvgIpc) is 2.88. The second-order valence-electron chi connectivity index (χ2n) is 7.48. The summed E-state index contributed by atoms with van der Waals surface area (Å²) in [6, 6.07) is 5.05. The van der Waals surface area contributed by atoms with Crippen molar-refractivity contribution >= 4 is 11.3 Å². The van der Waals surface area contributed by atoms with Gasteiger partial charge in [0.05, 0.1) is 0 Å². The van der Waals surface area contributed by atoms with Gasteiger partial charge in [-0.05, 0) is 36.6 Å². The summed E-state index contributed by atoms with van der Waals surface area (Å²) in [5.41, 5.74) is 0.606. The summed E-state index contributed by atoms with van der Waals surface area (Å²) >= 11 is 1.88. The lowest BCUT2D eigenvalue weighted by molar-refractivity contribution is 0.0274. The van der Waals surface area contributed by atoms with E-state index in [1.54, 1.807) is 0 Å². The van der Waals surface area contributed by atoms with Crippen molar-refractivity contribution in [1.29, 1.82) is 0 Å². The van der Waals surface area contributed by atoms with Gasteiger partial charge in [0.2, 0.25) is 0 Å². The fraction of sp³-hybridized carbons (Fsp3) is 0.765. The standard InChI is InChI=1S/C17H30N2S/c1-6-17(5)13-19(10-9-14-8-7-11-20-14)15(12-18-17)16(2,3)4/h7-8,11,15,18H,6,9-10,12-13H2,1-5H3. The van der Waals surface area contributed by atoms with Crippen LogP contribution in [0.25, 0.3) is 0 Å². The van der Waals surface area contributed by atoms with Gasteiger partial charge >= 0.3 is 0 Å². The number of rotatable bonds is 4. The first-order chi connectivity index (χ1) is 9.34. The molecule has 2 heterocycles. The van der Waals surface area contributed by atoms with Crippen molar-refractivity contribution in [3.8, 4) is 0 Å². The molecule has 2 nitrogen and oxygen atoms in total. The zero-order chi connectivity index (χ0) is 14.8. The Balaban J connectivity index is 2.05. The van der Waals surface area contributed by atoms with Crippen LogP contribution in [0.15, 0.2) is 17.5 Å². The minimum atomic E-state index is 0.275. The molecule has 1 aliphatic rings. The van der Waals surface area contributed by atoms with E-state index in [4.69, 9.17) is 0 Å². The molecule has 0 spiro atoms. The highest BCUT2D eigenvalue weighted by molar-refractivity contribution is 7.09. The summed E-state index contributed by atoms with van der Waals surface area (Å²) in [4.78, 5) is 4.23. The van der Waals surface area contributed by atoms with E-state index in [-0.39, 0.29) is 5.54 Å². The van der Waals surface area contributed by atoms with Gasteiger partial charge in [-0.1, -0.05) is 33.8 Å². The Labute approximate surface area is 128 Å². The number of nitrogens with one attached hydrogen (secondary N) is 1. The number of thiophene rings is 1. The number of nitrogens with zero attached hydrogens (tertiary/aromatic N) is 1. The van der Waals surface area contributed by atoms with E-state index >= 15 is 0 Å². The number of hydrogen-bond acceptors (Lipinski definition) is 3. The first-order valence-corrected chi connectivity index (χ1v) is 8.73. The molecular weight excluding hydrogens is 264 g/mol. The van der Waals surface area contributed by atoms with Gasteiger partial charge in [-0.3, -0.25) is 4.90 Å². The molecule has 114 valence electrons. The number of hydrogen-bond donors (Lipinski definition) is 1. The molecular formula is C17H30N2S. The third kappa shape index (κ3) is 3.84. The summed E-state index contributed by atoms with van der Waals surface area (Å²) in [5.74, 6) is 0. The van der Waals surface area contributed by atoms with Crippen LogP contribution >= 0.6 is 11.3 Å². The van der Waals surface area contributed by atoms with Crippen LogP contribution in [0.3, 0.4) is 0 Å². The number of piperazine rings is 1. The van der Waals surface area contributed by atoms with Crippen LogP contribution < -0.4 is 5.32 Å². The SMILES string of the molecule is CCC1(C)CN(CCc2cccs2)C(C(C)(C)C)CN1. The van der Waals surface area contributed by atoms with Gasteiger partial charge in [-0.15, -0.1) is 11.3 Å². The molecule has 1 fully saturated rings. The predicted octanol–water partition coefficient (Wildman–Crippen LogP) is 3.78. The van der Waals surface area contributed by atoms with Crippen molar-refractivity contribution in [2.75, 3.05) is 19.6 Å². The van der Waals surface area contributed by atoms with Crippen LogP contribution in [0.2, 0.25) is 0 Å². The molecule has 0 saturated carbocycles. The Morgan fingerprint density at radius 1 is 1.45 bits per heavy atom. The van der Waals surface area contributed by atoms with E-state index in [2.05, 4.69) is 62.3 Å². The summed E-state index contributed by atoms with van der Waals surface area (Å²) in [6.07, 6.45) is 2.38. The van der Waals surface area contributed by atoms with Crippen LogP contribution in [0.1, 0.15) is 45.9 Å². The first kappa shape index (κ1) is 16.0. The average molecular weight is 295 g/mol. The second kappa shape index (κ2) is 6.17. The maximum absolute atomic E-state index is 3.79. The van der Waals surface area contributed by atoms with Crippen LogP contribution in [0, 0.1) is 5.41 Å². The largest absolute Gasteiger partial charge is 0.309 e. The monoisotopic (exact) mass is 294 g/mol. The first-order valence-electron chi connectivity index (χ1n) is 7.85. The van der Waals surface area contributed by atoms with Crippen molar-refractivity contribution in [1.82, 2.24) is 10.2 Å². The van der Waals surface area contributed by atoms with Crippen molar-refractivity contribution in [2.45, 2.75) is 59.0 Å². The Hall–Kier alpha value is -0.380. The zero-order valence-corrected chi connectivity index (χ0v) is 14.5. The minimum Gasteiger partial charge on any atom is -0.309 e. The van der Waals surface area contributed by atoms with Crippen molar-refractivity contribution < 1.29 is 0 Å². The second-order valence-corrected chi connectivity index (χ2v) is 8.51. The van der Waals surface area contributed by atoms with Crippen LogP contribution in [-0.4, -0.2) is 36.1 Å². The Morgan fingerprint density at radius 2 is 2.20 bits per heavy atom. The molecule has 0 bridgehead atoms. The molecule has 1 aromatic rings. The highest BCUT2D eigenvalue weighted by Gasteiger charge is 2.39. The fourth-order valence-electron chi connectivity index (χ4n) is 3.12. The van der Waals surface area contributed by atoms with E-state index in [0.717, 1.165) is 13.1 Å². The maximum Gasteiger partial charge on any atom is 0.0278 e. The van der Waals surface area contributed by atoms with E-state index < -0.39 is 0 Å². The third-order valence-electron chi connectivity index (χ3n) is 4.72. The normalized spacial score (nSPS) is 28.8. The molecule has 1 aliphatic heterocycles. The van der Waals surface area contributed by atoms with E-state index in [1.807, 2.05) is 11.3 Å². The van der Waals surface area contributed by atoms with Gasteiger partial charge < -0.3 is 5.32 Å². The van der Waals surface area contributed by atoms with Gasteiger partial charge in [0.25, 0.3) is 0 Å². The smallest absolute Gasteiger partial charge is 0.0278 e. The van der Waals surface area contributed by atoms with Crippen molar-refractivity contribution in [2.24, 2.45) is 5.41 Å². The van der Waals surface area contributed by atoms with Gasteiger partial charge in [-0.25, -0.2) is 0 Å². The summed E-state index contributed by atoms with van der Waals surface area (Å²) in [7, 11) is 0. The van der Waals surface area contributed by atoms with Crippen molar-refractivity contribution in [3.63, 3.8) is 0 Å². The predicted molar refractivity (Wildman–Crippen MR) is 89.5 cm³/mol.